The van der Waals surface area contributed by atoms with Crippen molar-refractivity contribution >= 4 is 30.8 Å². The number of phenols is 1. The van der Waals surface area contributed by atoms with Gasteiger partial charge in [0.25, 0.3) is 0 Å². The summed E-state index contributed by atoms with van der Waals surface area (Å²) in [7, 11) is 3.60. The smallest absolute Gasteiger partial charge is 0.245 e. The number of hydrogen-bond donors (Lipinski definition) is 2. The second kappa shape index (κ2) is 10.3. The van der Waals surface area contributed by atoms with Crippen molar-refractivity contribution in [1.29, 1.82) is 0 Å². The van der Waals surface area contributed by atoms with Crippen LogP contribution in [0.3, 0.4) is 0 Å². The zero-order valence-corrected chi connectivity index (χ0v) is 21.9. The van der Waals surface area contributed by atoms with Crippen LogP contribution >= 0.6 is 24.8 Å². The fraction of sp³-hybridized carbons (Fsp3) is 0.478. The monoisotopic (exact) mass is 509 g/mol. The summed E-state index contributed by atoms with van der Waals surface area (Å²) in [6.07, 6.45) is 6.98. The number of aromatic nitrogens is 5. The number of ether oxygens (including phenoxy) is 1. The van der Waals surface area contributed by atoms with Crippen molar-refractivity contribution in [3.05, 3.63) is 36.8 Å². The first kappa shape index (κ1) is 27.6. The zero-order valence-electron chi connectivity index (χ0n) is 20.3. The molecule has 11 heteroatoms. The minimum absolute atomic E-state index is 0. The van der Waals surface area contributed by atoms with Crippen LogP contribution in [0.25, 0.3) is 16.9 Å². The average Bonchev–Trinajstić information content (AvgIpc) is 3.20. The number of aromatic hydroxyl groups is 1. The number of halogens is 2. The zero-order chi connectivity index (χ0) is 23.1. The molecule has 0 amide bonds. The van der Waals surface area contributed by atoms with Crippen molar-refractivity contribution in [2.24, 2.45) is 0 Å². The maximum Gasteiger partial charge on any atom is 0.245 e. The van der Waals surface area contributed by atoms with Crippen molar-refractivity contribution in [3.8, 4) is 28.4 Å². The Hall–Kier alpha value is -2.62. The Morgan fingerprint density at radius 3 is 2.29 bits per heavy atom. The van der Waals surface area contributed by atoms with Crippen molar-refractivity contribution in [2.75, 3.05) is 19.1 Å². The number of hydrogen-bond acceptors (Lipinski definition) is 8. The number of anilines is 1. The van der Waals surface area contributed by atoms with Crippen LogP contribution in [0, 0.1) is 0 Å². The van der Waals surface area contributed by atoms with E-state index in [1.807, 2.05) is 13.1 Å². The van der Waals surface area contributed by atoms with Crippen molar-refractivity contribution in [1.82, 2.24) is 30.3 Å². The molecular weight excluding hydrogens is 477 g/mol. The molecule has 9 nitrogen and oxygen atoms in total. The van der Waals surface area contributed by atoms with E-state index in [2.05, 4.69) is 58.2 Å². The molecule has 1 fully saturated rings. The van der Waals surface area contributed by atoms with Crippen LogP contribution in [-0.2, 0) is 0 Å². The van der Waals surface area contributed by atoms with Gasteiger partial charge in [0.15, 0.2) is 5.75 Å². The lowest BCUT2D eigenvalue weighted by molar-refractivity contribution is 0.160. The summed E-state index contributed by atoms with van der Waals surface area (Å²) in [5.74, 6) is 1.30. The van der Waals surface area contributed by atoms with E-state index in [1.165, 1.54) is 0 Å². The molecule has 0 spiro atoms. The first-order valence-electron chi connectivity index (χ1n) is 10.7. The topological polar surface area (TPSA) is 101 Å². The molecule has 3 aromatic rings. The fourth-order valence-corrected chi connectivity index (χ4v) is 4.69. The summed E-state index contributed by atoms with van der Waals surface area (Å²) >= 11 is 0. The standard InChI is InChI=1S/C23H31N7O2.2ClH/c1-22(2)10-16(11-23(3,4)28-22)29(5)21-24-13-19(26-27-21)18-8-7-15(9-20(18)31)30-14-17(32-6)12-25-30;;/h7-9,12-14,16,28,31H,10-11H2,1-6H3;2*1H. The average molecular weight is 510 g/mol. The van der Waals surface area contributed by atoms with E-state index in [4.69, 9.17) is 4.74 Å². The molecule has 2 aromatic heterocycles. The molecule has 0 saturated carbocycles. The summed E-state index contributed by atoms with van der Waals surface area (Å²) in [6, 6.07) is 5.56. The summed E-state index contributed by atoms with van der Waals surface area (Å²) in [5, 5.41) is 27.2. The maximum atomic E-state index is 10.6. The number of rotatable bonds is 5. The van der Waals surface area contributed by atoms with Gasteiger partial charge in [0.1, 0.15) is 11.4 Å². The molecule has 2 N–H and O–H groups in total. The van der Waals surface area contributed by atoms with E-state index >= 15 is 0 Å². The molecule has 1 aromatic carbocycles. The predicted molar refractivity (Wildman–Crippen MR) is 138 cm³/mol. The third-order valence-electron chi connectivity index (χ3n) is 5.90. The Morgan fingerprint density at radius 1 is 1.09 bits per heavy atom. The number of piperidine rings is 1. The summed E-state index contributed by atoms with van der Waals surface area (Å²) in [6.45, 7) is 8.90. The van der Waals surface area contributed by atoms with E-state index in [1.54, 1.807) is 42.5 Å². The van der Waals surface area contributed by atoms with E-state index in [0.717, 1.165) is 12.8 Å². The molecule has 3 heterocycles. The van der Waals surface area contributed by atoms with Crippen LogP contribution in [0.15, 0.2) is 36.8 Å². The number of phenolic OH excluding ortho intramolecular Hbond substituents is 1. The number of nitrogens with one attached hydrogen (secondary N) is 1. The lowest BCUT2D eigenvalue weighted by Gasteiger charge is -2.48. The first-order valence-corrected chi connectivity index (χ1v) is 10.7. The summed E-state index contributed by atoms with van der Waals surface area (Å²) in [4.78, 5) is 6.65. The van der Waals surface area contributed by atoms with Crippen molar-refractivity contribution in [2.45, 2.75) is 57.7 Å². The third kappa shape index (κ3) is 5.89. The van der Waals surface area contributed by atoms with Crippen LogP contribution in [0.4, 0.5) is 5.95 Å². The highest BCUT2D eigenvalue weighted by Gasteiger charge is 2.39. The SMILES string of the molecule is COc1cnn(-c2ccc(-c3cnc(N(C)C4CC(C)(C)NC(C)(C)C4)nn3)c(O)c2)c1.Cl.Cl. The molecule has 0 unspecified atom stereocenters. The lowest BCUT2D eigenvalue weighted by Crippen LogP contribution is -2.62. The molecule has 1 saturated heterocycles. The highest BCUT2D eigenvalue weighted by molar-refractivity contribution is 5.85. The first-order chi connectivity index (χ1) is 15.1. The Labute approximate surface area is 212 Å². The van der Waals surface area contributed by atoms with Gasteiger partial charge in [-0.05, 0) is 52.7 Å². The van der Waals surface area contributed by atoms with Crippen LogP contribution < -0.4 is 15.0 Å². The van der Waals surface area contributed by atoms with Gasteiger partial charge in [-0.1, -0.05) is 0 Å². The maximum absolute atomic E-state index is 10.6. The Bertz CT molecular complexity index is 1090. The summed E-state index contributed by atoms with van der Waals surface area (Å²) < 4.78 is 6.79. The Morgan fingerprint density at radius 2 is 1.76 bits per heavy atom. The molecule has 0 radical (unpaired) electrons. The van der Waals surface area contributed by atoms with Crippen molar-refractivity contribution in [3.63, 3.8) is 0 Å². The van der Waals surface area contributed by atoms with E-state index in [-0.39, 0.29) is 41.6 Å². The van der Waals surface area contributed by atoms with Gasteiger partial charge in [-0.25, -0.2) is 9.67 Å². The molecule has 0 bridgehead atoms. The Kier molecular flexibility index (Phi) is 8.39. The molecule has 4 rings (SSSR count). The van der Waals surface area contributed by atoms with E-state index in [0.29, 0.717) is 34.7 Å². The molecule has 1 aliphatic rings. The molecule has 34 heavy (non-hydrogen) atoms. The van der Waals surface area contributed by atoms with Crippen LogP contribution in [0.1, 0.15) is 40.5 Å². The molecule has 1 aliphatic heterocycles. The lowest BCUT2D eigenvalue weighted by atomic mass is 9.79. The van der Waals surface area contributed by atoms with Gasteiger partial charge in [0.05, 0.1) is 31.4 Å². The van der Waals surface area contributed by atoms with E-state index < -0.39 is 0 Å². The number of nitrogens with zero attached hydrogens (tertiary/aromatic N) is 6. The minimum atomic E-state index is 0. The van der Waals surface area contributed by atoms with Gasteiger partial charge < -0.3 is 20.1 Å². The van der Waals surface area contributed by atoms with Crippen LogP contribution in [0.5, 0.6) is 11.5 Å². The van der Waals surface area contributed by atoms with Crippen LogP contribution in [-0.4, -0.2) is 61.3 Å². The van der Waals surface area contributed by atoms with Gasteiger partial charge in [-0.3, -0.25) is 0 Å². The van der Waals surface area contributed by atoms with Gasteiger partial charge >= 0.3 is 0 Å². The highest BCUT2D eigenvalue weighted by Crippen LogP contribution is 2.33. The molecule has 0 atom stereocenters. The molecule has 0 aliphatic carbocycles. The quantitative estimate of drug-likeness (QED) is 0.531. The molecule has 186 valence electrons. The third-order valence-corrected chi connectivity index (χ3v) is 5.90. The van der Waals surface area contributed by atoms with Gasteiger partial charge in [0.2, 0.25) is 5.95 Å². The number of benzene rings is 1. The van der Waals surface area contributed by atoms with Gasteiger partial charge in [-0.15, -0.1) is 35.0 Å². The summed E-state index contributed by atoms with van der Waals surface area (Å²) in [5.41, 5.74) is 1.84. The second-order valence-corrected chi connectivity index (χ2v) is 9.74. The number of methoxy groups -OCH3 is 1. The minimum Gasteiger partial charge on any atom is -0.507 e. The normalized spacial score (nSPS) is 16.8. The predicted octanol–water partition coefficient (Wildman–Crippen LogP) is 4.03. The van der Waals surface area contributed by atoms with Gasteiger partial charge in [-0.2, -0.15) is 5.10 Å². The Balaban J connectivity index is 0.00000204. The second-order valence-electron chi connectivity index (χ2n) is 9.74. The largest absolute Gasteiger partial charge is 0.507 e. The van der Waals surface area contributed by atoms with Crippen LogP contribution in [0.2, 0.25) is 0 Å². The van der Waals surface area contributed by atoms with Crippen molar-refractivity contribution < 1.29 is 9.84 Å². The van der Waals surface area contributed by atoms with Gasteiger partial charge in [0, 0.05) is 35.8 Å². The highest BCUT2D eigenvalue weighted by atomic mass is 35.5. The van der Waals surface area contributed by atoms with E-state index in [9.17, 15) is 5.11 Å². The fourth-order valence-electron chi connectivity index (χ4n) is 4.69. The molecular formula is C23H33Cl2N7O2.